The zero-order valence-electron chi connectivity index (χ0n) is 14.9. The Morgan fingerprint density at radius 2 is 1.67 bits per heavy atom. The van der Waals surface area contributed by atoms with Crippen molar-refractivity contribution < 1.29 is 18.8 Å². The maximum atomic E-state index is 12.6. The second-order valence-corrected chi connectivity index (χ2v) is 7.06. The summed E-state index contributed by atoms with van der Waals surface area (Å²) in [5.74, 6) is -0.348. The van der Waals surface area contributed by atoms with Crippen molar-refractivity contribution in [2.24, 2.45) is 0 Å². The highest BCUT2D eigenvalue weighted by Gasteiger charge is 2.52. The third-order valence-electron chi connectivity index (χ3n) is 4.95. The van der Waals surface area contributed by atoms with Gasteiger partial charge in [0.2, 0.25) is 0 Å². The number of benzene rings is 2. The molecule has 0 aromatic heterocycles. The minimum atomic E-state index is -0.598. The lowest BCUT2D eigenvalue weighted by Crippen LogP contribution is -2.41. The van der Waals surface area contributed by atoms with Crippen LogP contribution in [0.3, 0.4) is 0 Å². The van der Waals surface area contributed by atoms with Gasteiger partial charge < -0.3 is 14.0 Å². The van der Waals surface area contributed by atoms with Crippen molar-refractivity contribution in [2.75, 3.05) is 6.61 Å². The molecule has 1 fully saturated rings. The summed E-state index contributed by atoms with van der Waals surface area (Å²) >= 11 is 0. The molecular formula is C19H23BO4. The number of hydrogen-bond donors (Lipinski definition) is 0. The Hall–Kier alpha value is -1.85. The van der Waals surface area contributed by atoms with Gasteiger partial charge in [0.05, 0.1) is 23.4 Å². The molecule has 2 aromatic rings. The highest BCUT2D eigenvalue weighted by atomic mass is 16.7. The molecule has 0 unspecified atom stereocenters. The van der Waals surface area contributed by atoms with Crippen LogP contribution in [0.4, 0.5) is 0 Å². The number of rotatable bonds is 3. The summed E-state index contributed by atoms with van der Waals surface area (Å²) in [6.45, 7) is 10.1. The largest absolute Gasteiger partial charge is 0.495 e. The molecule has 3 rings (SSSR count). The van der Waals surface area contributed by atoms with Crippen molar-refractivity contribution in [3.05, 3.63) is 42.0 Å². The average molecular weight is 326 g/mol. The van der Waals surface area contributed by atoms with Crippen LogP contribution in [0.15, 0.2) is 36.4 Å². The molecule has 1 heterocycles. The van der Waals surface area contributed by atoms with Gasteiger partial charge in [-0.25, -0.2) is 4.79 Å². The first-order valence-electron chi connectivity index (χ1n) is 8.31. The van der Waals surface area contributed by atoms with E-state index >= 15 is 0 Å². The molecule has 4 nitrogen and oxygen atoms in total. The number of fused-ring (bicyclic) bond motifs is 1. The SMILES string of the molecule is CCOC(=O)c1c(B2OC(C)(C)C(C)(C)O2)ccc2ccccc12. The zero-order valence-corrected chi connectivity index (χ0v) is 14.9. The highest BCUT2D eigenvalue weighted by molar-refractivity contribution is 6.64. The molecule has 0 atom stereocenters. The predicted octanol–water partition coefficient (Wildman–Crippen LogP) is 3.32. The first kappa shape index (κ1) is 17.0. The lowest BCUT2D eigenvalue weighted by Gasteiger charge is -2.32. The van der Waals surface area contributed by atoms with Crippen LogP contribution in [0.1, 0.15) is 45.0 Å². The molecule has 126 valence electrons. The minimum Gasteiger partial charge on any atom is -0.462 e. The summed E-state index contributed by atoms with van der Waals surface area (Å²) in [6, 6.07) is 11.7. The van der Waals surface area contributed by atoms with E-state index in [4.69, 9.17) is 14.0 Å². The van der Waals surface area contributed by atoms with Crippen LogP contribution >= 0.6 is 0 Å². The van der Waals surface area contributed by atoms with Crippen LogP contribution in [0.25, 0.3) is 10.8 Å². The highest BCUT2D eigenvalue weighted by Crippen LogP contribution is 2.37. The molecule has 2 aromatic carbocycles. The summed E-state index contributed by atoms with van der Waals surface area (Å²) in [6.07, 6.45) is 0. The number of carbonyl (C=O) groups is 1. The first-order valence-corrected chi connectivity index (χ1v) is 8.31. The molecule has 0 saturated carbocycles. The van der Waals surface area contributed by atoms with Crippen LogP contribution in [0, 0.1) is 0 Å². The van der Waals surface area contributed by atoms with Crippen molar-refractivity contribution in [1.29, 1.82) is 0 Å². The third kappa shape index (κ3) is 2.72. The topological polar surface area (TPSA) is 44.8 Å². The van der Waals surface area contributed by atoms with Gasteiger partial charge in [-0.05, 0) is 50.9 Å². The molecule has 1 aliphatic heterocycles. The van der Waals surface area contributed by atoms with Crippen LogP contribution in [-0.2, 0) is 14.0 Å². The van der Waals surface area contributed by atoms with E-state index in [1.165, 1.54) is 0 Å². The van der Waals surface area contributed by atoms with Crippen molar-refractivity contribution in [3.63, 3.8) is 0 Å². The van der Waals surface area contributed by atoms with E-state index in [0.29, 0.717) is 17.6 Å². The fraction of sp³-hybridized carbons (Fsp3) is 0.421. The Morgan fingerprint density at radius 1 is 1.04 bits per heavy atom. The molecular weight excluding hydrogens is 303 g/mol. The van der Waals surface area contributed by atoms with Crippen molar-refractivity contribution in [1.82, 2.24) is 0 Å². The molecule has 0 amide bonds. The predicted molar refractivity (Wildman–Crippen MR) is 95.6 cm³/mol. The van der Waals surface area contributed by atoms with Gasteiger partial charge in [-0.15, -0.1) is 0 Å². The van der Waals surface area contributed by atoms with Gasteiger partial charge in [-0.1, -0.05) is 36.4 Å². The van der Waals surface area contributed by atoms with E-state index in [1.54, 1.807) is 6.92 Å². The Bertz CT molecular complexity index is 766. The second kappa shape index (κ2) is 5.90. The third-order valence-corrected chi connectivity index (χ3v) is 4.95. The summed E-state index contributed by atoms with van der Waals surface area (Å²) in [7, 11) is -0.598. The summed E-state index contributed by atoms with van der Waals surface area (Å²) in [4.78, 5) is 12.6. The van der Waals surface area contributed by atoms with E-state index in [0.717, 1.165) is 10.8 Å². The van der Waals surface area contributed by atoms with Crippen LogP contribution < -0.4 is 5.46 Å². The van der Waals surface area contributed by atoms with Gasteiger partial charge in [-0.3, -0.25) is 0 Å². The molecule has 0 radical (unpaired) electrons. The summed E-state index contributed by atoms with van der Waals surface area (Å²) in [5.41, 5.74) is 0.309. The minimum absolute atomic E-state index is 0.324. The zero-order chi connectivity index (χ0) is 17.5. The van der Waals surface area contributed by atoms with Crippen LogP contribution in [0.5, 0.6) is 0 Å². The second-order valence-electron chi connectivity index (χ2n) is 7.06. The van der Waals surface area contributed by atoms with Gasteiger partial charge in [0.15, 0.2) is 0 Å². The van der Waals surface area contributed by atoms with E-state index < -0.39 is 18.3 Å². The number of carbonyl (C=O) groups excluding carboxylic acids is 1. The smallest absolute Gasteiger partial charge is 0.462 e. The maximum absolute atomic E-state index is 12.6. The van der Waals surface area contributed by atoms with Crippen LogP contribution in [0.2, 0.25) is 0 Å². The molecule has 1 aliphatic rings. The fourth-order valence-corrected chi connectivity index (χ4v) is 2.89. The normalized spacial score (nSPS) is 18.8. The lowest BCUT2D eigenvalue weighted by molar-refractivity contribution is 0.00578. The van der Waals surface area contributed by atoms with Gasteiger partial charge in [0.25, 0.3) is 0 Å². The molecule has 1 saturated heterocycles. The van der Waals surface area contributed by atoms with E-state index in [-0.39, 0.29) is 5.97 Å². The maximum Gasteiger partial charge on any atom is 0.495 e. The van der Waals surface area contributed by atoms with E-state index in [9.17, 15) is 4.79 Å². The van der Waals surface area contributed by atoms with Gasteiger partial charge in [-0.2, -0.15) is 0 Å². The summed E-state index contributed by atoms with van der Waals surface area (Å²) < 4.78 is 17.6. The molecule has 24 heavy (non-hydrogen) atoms. The molecule has 5 heteroatoms. The number of hydrogen-bond acceptors (Lipinski definition) is 4. The molecule has 0 N–H and O–H groups in total. The monoisotopic (exact) mass is 326 g/mol. The van der Waals surface area contributed by atoms with Crippen molar-refractivity contribution in [2.45, 2.75) is 45.8 Å². The van der Waals surface area contributed by atoms with Crippen molar-refractivity contribution >= 4 is 29.3 Å². The Balaban J connectivity index is 2.15. The van der Waals surface area contributed by atoms with Gasteiger partial charge >= 0.3 is 13.1 Å². The Labute approximate surface area is 143 Å². The average Bonchev–Trinajstić information content (AvgIpc) is 2.74. The lowest BCUT2D eigenvalue weighted by atomic mass is 9.74. The fourth-order valence-electron chi connectivity index (χ4n) is 2.89. The van der Waals surface area contributed by atoms with Gasteiger partial charge in [0.1, 0.15) is 0 Å². The molecule has 0 spiro atoms. The summed E-state index contributed by atoms with van der Waals surface area (Å²) in [5, 5.41) is 1.84. The number of esters is 1. The van der Waals surface area contributed by atoms with E-state index in [1.807, 2.05) is 64.1 Å². The first-order chi connectivity index (χ1) is 11.3. The standard InChI is InChI=1S/C19H23BO4/c1-6-22-17(21)16-14-10-8-7-9-13(14)11-12-15(16)20-23-18(2,3)19(4,5)24-20/h7-12H,6H2,1-5H3. The van der Waals surface area contributed by atoms with E-state index in [2.05, 4.69) is 0 Å². The van der Waals surface area contributed by atoms with Gasteiger partial charge in [0, 0.05) is 0 Å². The Kier molecular flexibility index (Phi) is 4.18. The molecule has 0 bridgehead atoms. The molecule has 0 aliphatic carbocycles. The Morgan fingerprint density at radius 3 is 2.29 bits per heavy atom. The number of ether oxygens (including phenoxy) is 1. The quantitative estimate of drug-likeness (QED) is 0.641. The van der Waals surface area contributed by atoms with Crippen molar-refractivity contribution in [3.8, 4) is 0 Å². The van der Waals surface area contributed by atoms with Crippen LogP contribution in [-0.4, -0.2) is 30.9 Å².